The fourth-order valence-corrected chi connectivity index (χ4v) is 3.52. The molecule has 0 fully saturated rings. The van der Waals surface area contributed by atoms with E-state index in [9.17, 15) is 4.79 Å². The minimum absolute atomic E-state index is 0.0227. The lowest BCUT2D eigenvalue weighted by Crippen LogP contribution is -2.27. The predicted molar refractivity (Wildman–Crippen MR) is 116 cm³/mol. The van der Waals surface area contributed by atoms with E-state index in [1.54, 1.807) is 7.11 Å². The number of benzene rings is 2. The third kappa shape index (κ3) is 6.32. The number of amides is 1. The SMILES string of the molecule is COc1ccc(CCNC(=O)Cc2csc(COc3ccc(C)c(C)c3)n2)cc1. The Hall–Kier alpha value is -2.86. The van der Waals surface area contributed by atoms with Crippen LogP contribution >= 0.6 is 11.3 Å². The van der Waals surface area contributed by atoms with Gasteiger partial charge in [-0.2, -0.15) is 0 Å². The average Bonchev–Trinajstić information content (AvgIpc) is 3.16. The number of hydrogen-bond acceptors (Lipinski definition) is 5. The molecule has 0 radical (unpaired) electrons. The number of nitrogens with one attached hydrogen (secondary N) is 1. The van der Waals surface area contributed by atoms with Crippen LogP contribution in [0.5, 0.6) is 11.5 Å². The predicted octanol–water partition coefficient (Wildman–Crippen LogP) is 4.25. The highest BCUT2D eigenvalue weighted by atomic mass is 32.1. The third-order valence-electron chi connectivity index (χ3n) is 4.68. The summed E-state index contributed by atoms with van der Waals surface area (Å²) in [5, 5.41) is 5.73. The summed E-state index contributed by atoms with van der Waals surface area (Å²) < 4.78 is 11.0. The van der Waals surface area contributed by atoms with Crippen LogP contribution in [0.2, 0.25) is 0 Å². The van der Waals surface area contributed by atoms with Crippen molar-refractivity contribution in [3.05, 3.63) is 75.2 Å². The Labute approximate surface area is 175 Å². The molecule has 0 aliphatic heterocycles. The van der Waals surface area contributed by atoms with Gasteiger partial charge in [-0.1, -0.05) is 18.2 Å². The van der Waals surface area contributed by atoms with Gasteiger partial charge in [0.15, 0.2) is 0 Å². The first-order chi connectivity index (χ1) is 14.0. The molecule has 152 valence electrons. The molecule has 0 saturated heterocycles. The number of rotatable bonds is 9. The molecule has 1 amide bonds. The Morgan fingerprint density at radius 3 is 2.55 bits per heavy atom. The van der Waals surface area contributed by atoms with E-state index in [1.165, 1.54) is 22.5 Å². The molecule has 1 aromatic heterocycles. The molecule has 5 nitrogen and oxygen atoms in total. The maximum atomic E-state index is 12.2. The standard InChI is InChI=1S/C23H26N2O3S/c1-16-4-7-21(12-17(16)2)28-14-23-25-19(15-29-23)13-22(26)24-11-10-18-5-8-20(27-3)9-6-18/h4-9,12,15H,10-11,13-14H2,1-3H3,(H,24,26). The zero-order chi connectivity index (χ0) is 20.6. The molecule has 0 aliphatic carbocycles. The highest BCUT2D eigenvalue weighted by molar-refractivity contribution is 7.09. The third-order valence-corrected chi connectivity index (χ3v) is 5.55. The molecule has 1 N–H and O–H groups in total. The molecule has 2 aromatic carbocycles. The molecule has 29 heavy (non-hydrogen) atoms. The van der Waals surface area contributed by atoms with Crippen molar-refractivity contribution in [1.29, 1.82) is 0 Å². The van der Waals surface area contributed by atoms with Crippen molar-refractivity contribution in [2.45, 2.75) is 33.3 Å². The van der Waals surface area contributed by atoms with Crippen LogP contribution in [0.1, 0.15) is 27.4 Å². The van der Waals surface area contributed by atoms with Crippen LogP contribution in [-0.2, 0) is 24.2 Å². The molecule has 0 saturated carbocycles. The number of nitrogens with zero attached hydrogens (tertiary/aromatic N) is 1. The lowest BCUT2D eigenvalue weighted by molar-refractivity contribution is -0.120. The molecule has 0 aliphatic rings. The molecule has 0 spiro atoms. The first-order valence-electron chi connectivity index (χ1n) is 9.56. The fourth-order valence-electron chi connectivity index (χ4n) is 2.81. The van der Waals surface area contributed by atoms with Gasteiger partial charge in [-0.05, 0) is 61.2 Å². The van der Waals surface area contributed by atoms with Crippen LogP contribution < -0.4 is 14.8 Å². The summed E-state index contributed by atoms with van der Waals surface area (Å²) in [4.78, 5) is 16.7. The van der Waals surface area contributed by atoms with Crippen molar-refractivity contribution in [3.8, 4) is 11.5 Å². The van der Waals surface area contributed by atoms with E-state index in [2.05, 4.69) is 24.1 Å². The van der Waals surface area contributed by atoms with Gasteiger partial charge in [-0.3, -0.25) is 4.79 Å². The summed E-state index contributed by atoms with van der Waals surface area (Å²) in [5.74, 6) is 1.64. The van der Waals surface area contributed by atoms with Gasteiger partial charge < -0.3 is 14.8 Å². The van der Waals surface area contributed by atoms with E-state index in [0.717, 1.165) is 34.2 Å². The first kappa shape index (κ1) is 20.9. The van der Waals surface area contributed by atoms with Crippen molar-refractivity contribution < 1.29 is 14.3 Å². The summed E-state index contributed by atoms with van der Waals surface area (Å²) >= 11 is 1.51. The zero-order valence-corrected chi connectivity index (χ0v) is 17.8. The second-order valence-corrected chi connectivity index (χ2v) is 7.83. The van der Waals surface area contributed by atoms with Crippen LogP contribution in [0.4, 0.5) is 0 Å². The lowest BCUT2D eigenvalue weighted by atomic mass is 10.1. The minimum Gasteiger partial charge on any atom is -0.497 e. The maximum absolute atomic E-state index is 12.2. The Balaban J connectivity index is 1.41. The second-order valence-electron chi connectivity index (χ2n) is 6.89. The van der Waals surface area contributed by atoms with Gasteiger partial charge in [-0.25, -0.2) is 4.98 Å². The van der Waals surface area contributed by atoms with Crippen LogP contribution in [0.3, 0.4) is 0 Å². The number of carbonyl (C=O) groups is 1. The van der Waals surface area contributed by atoms with Crippen LogP contribution in [0.25, 0.3) is 0 Å². The van der Waals surface area contributed by atoms with Gasteiger partial charge in [0.25, 0.3) is 0 Å². The monoisotopic (exact) mass is 410 g/mol. The highest BCUT2D eigenvalue weighted by Crippen LogP contribution is 2.19. The molecule has 1 heterocycles. The van der Waals surface area contributed by atoms with Gasteiger partial charge >= 0.3 is 0 Å². The lowest BCUT2D eigenvalue weighted by Gasteiger charge is -2.07. The molecule has 3 rings (SSSR count). The topological polar surface area (TPSA) is 60.5 Å². The first-order valence-corrected chi connectivity index (χ1v) is 10.4. The normalized spacial score (nSPS) is 10.6. The summed E-state index contributed by atoms with van der Waals surface area (Å²) in [6.07, 6.45) is 1.06. The van der Waals surface area contributed by atoms with Gasteiger partial charge in [0.2, 0.25) is 5.91 Å². The van der Waals surface area contributed by atoms with Gasteiger partial charge in [0.1, 0.15) is 23.1 Å². The van der Waals surface area contributed by atoms with Crippen molar-refractivity contribution in [3.63, 3.8) is 0 Å². The van der Waals surface area contributed by atoms with E-state index in [0.29, 0.717) is 13.2 Å². The Morgan fingerprint density at radius 2 is 1.83 bits per heavy atom. The van der Waals surface area contributed by atoms with E-state index in [4.69, 9.17) is 9.47 Å². The summed E-state index contributed by atoms with van der Waals surface area (Å²) in [6.45, 7) is 5.15. The van der Waals surface area contributed by atoms with Gasteiger partial charge in [-0.15, -0.1) is 11.3 Å². The summed E-state index contributed by atoms with van der Waals surface area (Å²) in [6, 6.07) is 13.9. The van der Waals surface area contributed by atoms with Crippen LogP contribution in [0.15, 0.2) is 47.8 Å². The van der Waals surface area contributed by atoms with Crippen molar-refractivity contribution >= 4 is 17.2 Å². The van der Waals surface area contributed by atoms with Gasteiger partial charge in [0.05, 0.1) is 19.2 Å². The number of carbonyl (C=O) groups excluding carboxylic acids is 1. The zero-order valence-electron chi connectivity index (χ0n) is 17.0. The second kappa shape index (κ2) is 10.1. The number of thiazole rings is 1. The molecule has 0 atom stereocenters. The fraction of sp³-hybridized carbons (Fsp3) is 0.304. The Morgan fingerprint density at radius 1 is 1.07 bits per heavy atom. The molecule has 0 unspecified atom stereocenters. The van der Waals surface area contributed by atoms with Crippen molar-refractivity contribution in [2.24, 2.45) is 0 Å². The highest BCUT2D eigenvalue weighted by Gasteiger charge is 2.08. The van der Waals surface area contributed by atoms with Crippen molar-refractivity contribution in [2.75, 3.05) is 13.7 Å². The number of aryl methyl sites for hydroxylation is 2. The van der Waals surface area contributed by atoms with E-state index in [1.807, 2.05) is 47.8 Å². The number of ether oxygens (including phenoxy) is 2. The van der Waals surface area contributed by atoms with E-state index in [-0.39, 0.29) is 12.3 Å². The van der Waals surface area contributed by atoms with Crippen LogP contribution in [0, 0.1) is 13.8 Å². The molecular formula is C23H26N2O3S. The molecule has 3 aromatic rings. The summed E-state index contributed by atoms with van der Waals surface area (Å²) in [5.41, 5.74) is 4.38. The molecule has 0 bridgehead atoms. The Kier molecular flexibility index (Phi) is 7.25. The average molecular weight is 411 g/mol. The van der Waals surface area contributed by atoms with E-state index >= 15 is 0 Å². The van der Waals surface area contributed by atoms with Crippen LogP contribution in [-0.4, -0.2) is 24.5 Å². The smallest absolute Gasteiger partial charge is 0.226 e. The number of methoxy groups -OCH3 is 1. The number of aromatic nitrogens is 1. The van der Waals surface area contributed by atoms with E-state index < -0.39 is 0 Å². The number of hydrogen-bond donors (Lipinski definition) is 1. The van der Waals surface area contributed by atoms with Gasteiger partial charge in [0, 0.05) is 11.9 Å². The summed E-state index contributed by atoms with van der Waals surface area (Å²) in [7, 11) is 1.65. The largest absolute Gasteiger partial charge is 0.497 e. The molecular weight excluding hydrogens is 384 g/mol. The van der Waals surface area contributed by atoms with Crippen molar-refractivity contribution in [1.82, 2.24) is 10.3 Å². The minimum atomic E-state index is -0.0227. The maximum Gasteiger partial charge on any atom is 0.226 e. The Bertz CT molecular complexity index is 951. The molecule has 6 heteroatoms. The quantitative estimate of drug-likeness (QED) is 0.573.